The first-order valence-electron chi connectivity index (χ1n) is 3.29. The summed E-state index contributed by atoms with van der Waals surface area (Å²) in [7, 11) is 0. The number of benzene rings is 1. The Balaban J connectivity index is 3.00. The Morgan fingerprint density at radius 3 is 2.23 bits per heavy atom. The average molecular weight is 204 g/mol. The molecule has 68 valence electrons. The molecule has 1 aromatic carbocycles. The van der Waals surface area contributed by atoms with Crippen molar-refractivity contribution in [1.82, 2.24) is 0 Å². The number of hydrogen-bond acceptors (Lipinski definition) is 2. The van der Waals surface area contributed by atoms with Crippen LogP contribution < -0.4 is 0 Å². The molecule has 0 aliphatic carbocycles. The predicted molar refractivity (Wildman–Crippen MR) is 44.0 cm³/mol. The lowest BCUT2D eigenvalue weighted by molar-refractivity contribution is 0.0951. The molecular weight excluding hydrogens is 200 g/mol. The number of alkyl halides is 3. The fraction of sp³-hybridized carbons (Fsp3) is 0.125. The number of isocyanates is 1. The van der Waals surface area contributed by atoms with E-state index < -0.39 is 5.38 Å². The van der Waals surface area contributed by atoms with E-state index in [0.717, 1.165) is 12.1 Å². The van der Waals surface area contributed by atoms with E-state index in [-0.39, 0.29) is 11.3 Å². The largest absolute Gasteiger partial charge is 0.348 e. The quantitative estimate of drug-likeness (QED) is 0.413. The molecule has 1 rings (SSSR count). The number of rotatable bonds is 2. The van der Waals surface area contributed by atoms with Gasteiger partial charge in [-0.05, 0) is 35.9 Å². The van der Waals surface area contributed by atoms with Crippen LogP contribution in [0, 0.1) is 0 Å². The van der Waals surface area contributed by atoms with Crippen molar-refractivity contribution in [3.8, 4) is 0 Å². The van der Waals surface area contributed by atoms with Gasteiger partial charge in [0.15, 0.2) is 0 Å². The lowest BCUT2D eigenvalue weighted by Crippen LogP contribution is -2.01. The molecule has 0 fully saturated rings. The van der Waals surface area contributed by atoms with E-state index >= 15 is 0 Å². The minimum Gasteiger partial charge on any atom is -0.211 e. The van der Waals surface area contributed by atoms with E-state index in [1.165, 1.54) is 18.2 Å². The van der Waals surface area contributed by atoms with Crippen molar-refractivity contribution in [3.05, 3.63) is 29.8 Å². The molecule has 0 heterocycles. The first-order chi connectivity index (χ1) is 6.04. The molecule has 0 aliphatic heterocycles. The van der Waals surface area contributed by atoms with Crippen LogP contribution in [0.5, 0.6) is 0 Å². The standard InChI is InChI=1S/C8H4ClF2NO/c9-8(10,11)6-1-3-7(4-2-6)12-5-13/h1-4H. The summed E-state index contributed by atoms with van der Waals surface area (Å²) in [4.78, 5) is 13.0. The normalized spacial score (nSPS) is 10.7. The summed E-state index contributed by atoms with van der Waals surface area (Å²) >= 11 is 4.75. The number of hydrogen-bond donors (Lipinski definition) is 0. The van der Waals surface area contributed by atoms with Gasteiger partial charge < -0.3 is 0 Å². The fourth-order valence-electron chi connectivity index (χ4n) is 0.778. The van der Waals surface area contributed by atoms with Gasteiger partial charge >= 0.3 is 5.38 Å². The minimum absolute atomic E-state index is 0.264. The third-order valence-corrected chi connectivity index (χ3v) is 1.59. The molecule has 0 aromatic heterocycles. The zero-order valence-electron chi connectivity index (χ0n) is 6.30. The highest BCUT2D eigenvalue weighted by atomic mass is 35.5. The van der Waals surface area contributed by atoms with Crippen molar-refractivity contribution < 1.29 is 13.6 Å². The van der Waals surface area contributed by atoms with Gasteiger partial charge in [0.2, 0.25) is 6.08 Å². The molecule has 1 aromatic rings. The van der Waals surface area contributed by atoms with E-state index in [1.807, 2.05) is 0 Å². The van der Waals surface area contributed by atoms with Crippen molar-refractivity contribution in [2.45, 2.75) is 5.38 Å². The molecular formula is C8H4ClF2NO. The molecule has 0 radical (unpaired) electrons. The zero-order chi connectivity index (χ0) is 9.90. The molecule has 0 spiro atoms. The predicted octanol–water partition coefficient (Wildman–Crippen LogP) is 2.94. The summed E-state index contributed by atoms with van der Waals surface area (Å²) in [5, 5.41) is -3.39. The van der Waals surface area contributed by atoms with Crippen molar-refractivity contribution in [2.24, 2.45) is 4.99 Å². The highest BCUT2D eigenvalue weighted by molar-refractivity contribution is 6.21. The van der Waals surface area contributed by atoms with Gasteiger partial charge in [0.05, 0.1) is 5.69 Å². The van der Waals surface area contributed by atoms with Crippen molar-refractivity contribution in [3.63, 3.8) is 0 Å². The number of aliphatic imine (C=N–C) groups is 1. The molecule has 2 nitrogen and oxygen atoms in total. The SMILES string of the molecule is O=C=Nc1ccc(C(F)(F)Cl)cc1. The Hall–Kier alpha value is -1.25. The third-order valence-electron chi connectivity index (χ3n) is 1.37. The first-order valence-corrected chi connectivity index (χ1v) is 3.67. The monoisotopic (exact) mass is 203 g/mol. The number of carbonyl (C=O) groups excluding carboxylic acids is 1. The Labute approximate surface area is 77.9 Å². The summed E-state index contributed by atoms with van der Waals surface area (Å²) < 4.78 is 24.9. The van der Waals surface area contributed by atoms with Crippen LogP contribution in [0.25, 0.3) is 0 Å². The summed E-state index contributed by atoms with van der Waals surface area (Å²) in [5.74, 6) is 0. The van der Waals surface area contributed by atoms with Gasteiger partial charge in [0, 0.05) is 5.56 Å². The summed E-state index contributed by atoms with van der Waals surface area (Å²) in [5.41, 5.74) is -0.0707. The van der Waals surface area contributed by atoms with Crippen LogP contribution in [0.3, 0.4) is 0 Å². The lowest BCUT2D eigenvalue weighted by atomic mass is 10.2. The summed E-state index contributed by atoms with van der Waals surface area (Å²) in [6.45, 7) is 0. The minimum atomic E-state index is -3.39. The molecule has 0 bridgehead atoms. The van der Waals surface area contributed by atoms with Gasteiger partial charge in [-0.25, -0.2) is 4.79 Å². The second-order valence-electron chi connectivity index (χ2n) is 2.25. The van der Waals surface area contributed by atoms with Crippen LogP contribution in [-0.2, 0) is 10.2 Å². The topological polar surface area (TPSA) is 29.4 Å². The van der Waals surface area contributed by atoms with Gasteiger partial charge in [-0.15, -0.1) is 0 Å². The second-order valence-corrected chi connectivity index (χ2v) is 2.72. The van der Waals surface area contributed by atoms with E-state index in [1.54, 1.807) is 0 Å². The molecule has 0 N–H and O–H groups in total. The Morgan fingerprint density at radius 2 is 1.85 bits per heavy atom. The van der Waals surface area contributed by atoms with Crippen LogP contribution in [0.4, 0.5) is 14.5 Å². The lowest BCUT2D eigenvalue weighted by Gasteiger charge is -2.06. The molecule has 5 heteroatoms. The Kier molecular flexibility index (Phi) is 2.76. The molecule has 0 atom stereocenters. The fourth-order valence-corrected chi connectivity index (χ4v) is 0.904. The van der Waals surface area contributed by atoms with E-state index in [4.69, 9.17) is 11.6 Å². The number of halogens is 3. The molecule has 0 amide bonds. The maximum absolute atomic E-state index is 12.4. The average Bonchev–Trinajstić information content (AvgIpc) is 2.04. The smallest absolute Gasteiger partial charge is 0.211 e. The van der Waals surface area contributed by atoms with E-state index in [9.17, 15) is 13.6 Å². The number of nitrogens with zero attached hydrogens (tertiary/aromatic N) is 1. The molecule has 0 unspecified atom stereocenters. The summed E-state index contributed by atoms with van der Waals surface area (Å²) in [6.07, 6.45) is 1.30. The van der Waals surface area contributed by atoms with Gasteiger partial charge in [-0.2, -0.15) is 13.8 Å². The Morgan fingerprint density at radius 1 is 1.31 bits per heavy atom. The molecule has 0 saturated heterocycles. The van der Waals surface area contributed by atoms with Crippen molar-refractivity contribution in [2.75, 3.05) is 0 Å². The third kappa shape index (κ3) is 2.61. The highest BCUT2D eigenvalue weighted by Gasteiger charge is 2.27. The maximum Gasteiger partial charge on any atom is 0.348 e. The molecule has 13 heavy (non-hydrogen) atoms. The molecule has 0 saturated carbocycles. The van der Waals surface area contributed by atoms with Gasteiger partial charge in [-0.1, -0.05) is 0 Å². The zero-order valence-corrected chi connectivity index (χ0v) is 7.05. The van der Waals surface area contributed by atoms with E-state index in [2.05, 4.69) is 4.99 Å². The van der Waals surface area contributed by atoms with E-state index in [0.29, 0.717) is 0 Å². The summed E-state index contributed by atoms with van der Waals surface area (Å²) in [6, 6.07) is 4.72. The van der Waals surface area contributed by atoms with Crippen molar-refractivity contribution >= 4 is 23.4 Å². The van der Waals surface area contributed by atoms with Gasteiger partial charge in [-0.3, -0.25) is 0 Å². The van der Waals surface area contributed by atoms with Crippen molar-refractivity contribution in [1.29, 1.82) is 0 Å². The first kappa shape index (κ1) is 9.84. The molecule has 0 aliphatic rings. The van der Waals surface area contributed by atoms with Gasteiger partial charge in [0.1, 0.15) is 0 Å². The van der Waals surface area contributed by atoms with Crippen LogP contribution in [0.15, 0.2) is 29.3 Å². The Bertz CT molecular complexity index is 338. The van der Waals surface area contributed by atoms with Crippen LogP contribution in [0.2, 0.25) is 0 Å². The van der Waals surface area contributed by atoms with Crippen LogP contribution in [-0.4, -0.2) is 6.08 Å². The van der Waals surface area contributed by atoms with Gasteiger partial charge in [0.25, 0.3) is 0 Å². The highest BCUT2D eigenvalue weighted by Crippen LogP contribution is 2.32. The van der Waals surface area contributed by atoms with Crippen LogP contribution >= 0.6 is 11.6 Å². The second kappa shape index (κ2) is 3.64. The maximum atomic E-state index is 12.4. The van der Waals surface area contributed by atoms with Crippen LogP contribution in [0.1, 0.15) is 5.56 Å².